The van der Waals surface area contributed by atoms with Gasteiger partial charge in [-0.1, -0.05) is 12.1 Å². The lowest BCUT2D eigenvalue weighted by atomic mass is 10.0. The predicted molar refractivity (Wildman–Crippen MR) is 90.1 cm³/mol. The second-order valence-electron chi connectivity index (χ2n) is 5.56. The summed E-state index contributed by atoms with van der Waals surface area (Å²) in [5.74, 6) is -3.31. The fourth-order valence-corrected chi connectivity index (χ4v) is 2.24. The lowest BCUT2D eigenvalue weighted by Crippen LogP contribution is -2.54. The molecule has 142 valence electrons. The van der Waals surface area contributed by atoms with Crippen molar-refractivity contribution in [3.05, 3.63) is 35.6 Å². The summed E-state index contributed by atoms with van der Waals surface area (Å²) in [5, 5.41) is 4.75. The number of esters is 1. The third-order valence-corrected chi connectivity index (χ3v) is 3.36. The summed E-state index contributed by atoms with van der Waals surface area (Å²) in [7, 11) is 0. The summed E-state index contributed by atoms with van der Waals surface area (Å²) in [6.07, 6.45) is -0.435. The molecule has 0 unspecified atom stereocenters. The fraction of sp³-hybridized carbons (Fsp3) is 0.412. The molecular formula is C17H22FN3O5. The molecule has 1 aromatic carbocycles. The van der Waals surface area contributed by atoms with Crippen LogP contribution in [0, 0.1) is 5.82 Å². The summed E-state index contributed by atoms with van der Waals surface area (Å²) in [6.45, 7) is 2.93. The number of hydrogen-bond acceptors (Lipinski definition) is 5. The fourth-order valence-electron chi connectivity index (χ4n) is 2.24. The first-order valence-electron chi connectivity index (χ1n) is 7.99. The van der Waals surface area contributed by atoms with E-state index in [2.05, 4.69) is 10.6 Å². The molecule has 0 spiro atoms. The molecule has 0 fully saturated rings. The molecule has 4 N–H and O–H groups in total. The number of nitrogens with two attached hydrogens (primary N) is 1. The van der Waals surface area contributed by atoms with Crippen LogP contribution in [0.5, 0.6) is 0 Å². The Labute approximate surface area is 150 Å². The van der Waals surface area contributed by atoms with Gasteiger partial charge < -0.3 is 21.1 Å². The Kier molecular flexibility index (Phi) is 8.20. The van der Waals surface area contributed by atoms with Gasteiger partial charge in [-0.05, 0) is 24.6 Å². The summed E-state index contributed by atoms with van der Waals surface area (Å²) in [6, 6.07) is 3.19. The van der Waals surface area contributed by atoms with Crippen molar-refractivity contribution in [2.45, 2.75) is 38.8 Å². The monoisotopic (exact) mass is 367 g/mol. The van der Waals surface area contributed by atoms with Crippen LogP contribution in [0.1, 0.15) is 25.8 Å². The van der Waals surface area contributed by atoms with Crippen molar-refractivity contribution >= 4 is 23.7 Å². The van der Waals surface area contributed by atoms with Crippen LogP contribution < -0.4 is 16.4 Å². The van der Waals surface area contributed by atoms with E-state index in [9.17, 15) is 23.6 Å². The zero-order valence-electron chi connectivity index (χ0n) is 14.6. The van der Waals surface area contributed by atoms with Crippen molar-refractivity contribution in [2.75, 3.05) is 6.61 Å². The smallest absolute Gasteiger partial charge is 0.308 e. The maximum absolute atomic E-state index is 13.3. The highest BCUT2D eigenvalue weighted by molar-refractivity contribution is 5.93. The third kappa shape index (κ3) is 7.29. The van der Waals surface area contributed by atoms with Crippen LogP contribution in [-0.2, 0) is 30.3 Å². The van der Waals surface area contributed by atoms with Crippen LogP contribution in [0.3, 0.4) is 0 Å². The highest BCUT2D eigenvalue weighted by Gasteiger charge is 2.27. The SMILES string of the molecule is CCOC(=O)C[C@@H](NC(=O)[C@H](Cc1cccc(F)c1)NC(C)=O)C(N)=O. The lowest BCUT2D eigenvalue weighted by Gasteiger charge is -2.21. The molecule has 0 aliphatic heterocycles. The van der Waals surface area contributed by atoms with Gasteiger partial charge in [0.15, 0.2) is 0 Å². The van der Waals surface area contributed by atoms with Gasteiger partial charge in [-0.3, -0.25) is 19.2 Å². The molecule has 0 aliphatic carbocycles. The number of amides is 3. The number of ether oxygens (including phenoxy) is 1. The molecule has 8 nitrogen and oxygen atoms in total. The maximum atomic E-state index is 13.3. The number of hydrogen-bond donors (Lipinski definition) is 3. The Hall–Kier alpha value is -2.97. The summed E-state index contributed by atoms with van der Waals surface area (Å²) in [5.41, 5.74) is 5.68. The Bertz CT molecular complexity index is 680. The van der Waals surface area contributed by atoms with Crippen molar-refractivity contribution in [1.29, 1.82) is 0 Å². The van der Waals surface area contributed by atoms with E-state index in [0.717, 1.165) is 0 Å². The summed E-state index contributed by atoms with van der Waals surface area (Å²) in [4.78, 5) is 46.8. The number of carbonyl (C=O) groups excluding carboxylic acids is 4. The van der Waals surface area contributed by atoms with E-state index in [1.54, 1.807) is 13.0 Å². The van der Waals surface area contributed by atoms with Crippen molar-refractivity contribution < 1.29 is 28.3 Å². The van der Waals surface area contributed by atoms with E-state index in [1.807, 2.05) is 0 Å². The zero-order chi connectivity index (χ0) is 19.7. The molecular weight excluding hydrogens is 345 g/mol. The van der Waals surface area contributed by atoms with Crippen molar-refractivity contribution in [3.63, 3.8) is 0 Å². The normalized spacial score (nSPS) is 12.6. The third-order valence-electron chi connectivity index (χ3n) is 3.36. The van der Waals surface area contributed by atoms with Crippen LogP contribution in [0.2, 0.25) is 0 Å². The van der Waals surface area contributed by atoms with Gasteiger partial charge in [0.05, 0.1) is 13.0 Å². The zero-order valence-corrected chi connectivity index (χ0v) is 14.6. The molecule has 0 radical (unpaired) electrons. The molecule has 3 amide bonds. The van der Waals surface area contributed by atoms with E-state index in [0.29, 0.717) is 5.56 Å². The highest BCUT2D eigenvalue weighted by atomic mass is 19.1. The van der Waals surface area contributed by atoms with Gasteiger partial charge in [0.25, 0.3) is 0 Å². The molecule has 0 aliphatic rings. The molecule has 2 atom stereocenters. The molecule has 0 heterocycles. The minimum atomic E-state index is -1.29. The van der Waals surface area contributed by atoms with E-state index in [1.165, 1.54) is 25.1 Å². The van der Waals surface area contributed by atoms with Gasteiger partial charge in [0.2, 0.25) is 17.7 Å². The predicted octanol–water partition coefficient (Wildman–Crippen LogP) is -0.204. The number of nitrogens with one attached hydrogen (secondary N) is 2. The van der Waals surface area contributed by atoms with Crippen LogP contribution >= 0.6 is 0 Å². The summed E-state index contributed by atoms with van der Waals surface area (Å²) >= 11 is 0. The molecule has 0 saturated carbocycles. The average molecular weight is 367 g/mol. The minimum absolute atomic E-state index is 0.00589. The molecule has 1 rings (SSSR count). The Morgan fingerprint density at radius 3 is 2.42 bits per heavy atom. The van der Waals surface area contributed by atoms with Gasteiger partial charge in [-0.25, -0.2) is 4.39 Å². The van der Waals surface area contributed by atoms with Crippen LogP contribution in [0.25, 0.3) is 0 Å². The number of carbonyl (C=O) groups is 4. The molecule has 26 heavy (non-hydrogen) atoms. The number of halogens is 1. The van der Waals surface area contributed by atoms with Gasteiger partial charge in [0, 0.05) is 13.3 Å². The van der Waals surface area contributed by atoms with Gasteiger partial charge >= 0.3 is 5.97 Å². The van der Waals surface area contributed by atoms with Crippen molar-refractivity contribution in [2.24, 2.45) is 5.73 Å². The van der Waals surface area contributed by atoms with Crippen LogP contribution in [-0.4, -0.2) is 42.4 Å². The highest BCUT2D eigenvalue weighted by Crippen LogP contribution is 2.08. The van der Waals surface area contributed by atoms with Crippen molar-refractivity contribution in [1.82, 2.24) is 10.6 Å². The van der Waals surface area contributed by atoms with E-state index >= 15 is 0 Å². The van der Waals surface area contributed by atoms with Crippen LogP contribution in [0.4, 0.5) is 4.39 Å². The second-order valence-corrected chi connectivity index (χ2v) is 5.56. The second kappa shape index (κ2) is 10.1. The minimum Gasteiger partial charge on any atom is -0.466 e. The van der Waals surface area contributed by atoms with Crippen molar-refractivity contribution in [3.8, 4) is 0 Å². The lowest BCUT2D eigenvalue weighted by molar-refractivity contribution is -0.145. The van der Waals surface area contributed by atoms with Gasteiger partial charge in [-0.2, -0.15) is 0 Å². The molecule has 0 bridgehead atoms. The molecule has 1 aromatic rings. The Balaban J connectivity index is 2.87. The van der Waals surface area contributed by atoms with Crippen LogP contribution in [0.15, 0.2) is 24.3 Å². The Morgan fingerprint density at radius 1 is 1.19 bits per heavy atom. The molecule has 0 aromatic heterocycles. The maximum Gasteiger partial charge on any atom is 0.308 e. The molecule has 0 saturated heterocycles. The number of primary amides is 1. The number of rotatable bonds is 9. The first-order chi connectivity index (χ1) is 12.2. The van der Waals surface area contributed by atoms with E-state index in [-0.39, 0.29) is 13.0 Å². The Morgan fingerprint density at radius 2 is 1.88 bits per heavy atom. The first kappa shape index (κ1) is 21.1. The first-order valence-corrected chi connectivity index (χ1v) is 7.99. The van der Waals surface area contributed by atoms with E-state index < -0.39 is 48.0 Å². The average Bonchev–Trinajstić information content (AvgIpc) is 2.53. The largest absolute Gasteiger partial charge is 0.466 e. The number of benzene rings is 1. The molecule has 9 heteroatoms. The van der Waals surface area contributed by atoms with Gasteiger partial charge in [-0.15, -0.1) is 0 Å². The standard InChI is InChI=1S/C17H22FN3O5/c1-3-26-15(23)9-13(16(19)24)21-17(25)14(20-10(2)22)8-11-5-4-6-12(18)7-11/h4-7,13-14H,3,8-9H2,1-2H3,(H2,19,24)(H,20,22)(H,21,25)/t13-,14+/m1/s1. The van der Waals surface area contributed by atoms with Gasteiger partial charge in [0.1, 0.15) is 17.9 Å². The summed E-state index contributed by atoms with van der Waals surface area (Å²) < 4.78 is 18.0. The van der Waals surface area contributed by atoms with E-state index in [4.69, 9.17) is 10.5 Å². The quantitative estimate of drug-likeness (QED) is 0.521. The topological polar surface area (TPSA) is 128 Å².